The molecule has 0 radical (unpaired) electrons. The molecule has 0 spiro atoms. The number of aliphatic hydroxyl groups is 1. The van der Waals surface area contributed by atoms with Crippen LogP contribution < -0.4 is 10.1 Å². The van der Waals surface area contributed by atoms with Crippen LogP contribution in [0, 0.1) is 5.92 Å². The van der Waals surface area contributed by atoms with E-state index in [4.69, 9.17) is 0 Å². The molecule has 1 atom stereocenters. The van der Waals surface area contributed by atoms with E-state index in [0.717, 1.165) is 5.56 Å². The molecule has 1 unspecified atom stereocenters. The van der Waals surface area contributed by atoms with Crippen molar-refractivity contribution in [3.63, 3.8) is 0 Å². The average molecular weight is 423 g/mol. The molecule has 0 amide bonds. The number of aliphatic imine (C=N–C) groups is 1. The number of halogens is 2. The lowest BCUT2D eigenvalue weighted by Gasteiger charge is -2.24. The number of ether oxygens (including phenoxy) is 1. The van der Waals surface area contributed by atoms with Crippen LogP contribution in [-0.4, -0.2) is 59.8 Å². The van der Waals surface area contributed by atoms with Crippen molar-refractivity contribution in [2.75, 3.05) is 21.1 Å². The summed E-state index contributed by atoms with van der Waals surface area (Å²) in [5.74, 6) is 0.833. The Bertz CT molecular complexity index is 879. The van der Waals surface area contributed by atoms with Gasteiger partial charge in [0.15, 0.2) is 18.1 Å². The van der Waals surface area contributed by atoms with E-state index >= 15 is 0 Å². The number of hydrogen-bond acceptors (Lipinski definition) is 5. The van der Waals surface area contributed by atoms with E-state index in [1.54, 1.807) is 42.9 Å². The highest BCUT2D eigenvalue weighted by molar-refractivity contribution is 5.88. The Morgan fingerprint density at radius 2 is 1.97 bits per heavy atom. The van der Waals surface area contributed by atoms with Crippen molar-refractivity contribution in [2.24, 2.45) is 10.9 Å². The predicted octanol–water partition coefficient (Wildman–Crippen LogP) is 2.80. The number of aldehydes is 1. The Kier molecular flexibility index (Phi) is 7.87. The summed E-state index contributed by atoms with van der Waals surface area (Å²) in [6.45, 7) is 0.602. The maximum Gasteiger partial charge on any atom is 0.387 e. The molecule has 0 saturated carbocycles. The van der Waals surface area contributed by atoms with E-state index in [1.165, 1.54) is 12.1 Å². The minimum atomic E-state index is -2.91. The van der Waals surface area contributed by atoms with Crippen LogP contribution in [0.5, 0.6) is 5.75 Å². The number of nitrogens with one attached hydrogen (secondary N) is 1. The lowest BCUT2D eigenvalue weighted by molar-refractivity contribution is -0.0498. The molecule has 0 aliphatic carbocycles. The Morgan fingerprint density at radius 1 is 1.33 bits per heavy atom. The quantitative estimate of drug-likeness (QED) is 0.385. The van der Waals surface area contributed by atoms with Gasteiger partial charge in [-0.25, -0.2) is 4.68 Å². The minimum Gasteiger partial charge on any atom is -0.435 e. The SMILES string of the molecule is CN/C(=N\c1c(C=O)c(CO)nn1C(c1ccc(OC(F)F)cc1)C(C)C)N(C)C. The molecule has 0 saturated heterocycles. The van der Waals surface area contributed by atoms with Gasteiger partial charge in [0.1, 0.15) is 11.4 Å². The van der Waals surface area contributed by atoms with Gasteiger partial charge in [-0.2, -0.15) is 18.9 Å². The molecule has 2 rings (SSSR count). The van der Waals surface area contributed by atoms with Gasteiger partial charge in [-0.3, -0.25) is 4.79 Å². The topological polar surface area (TPSA) is 92.0 Å². The van der Waals surface area contributed by atoms with Crippen LogP contribution in [0.1, 0.15) is 41.5 Å². The summed E-state index contributed by atoms with van der Waals surface area (Å²) in [4.78, 5) is 18.1. The van der Waals surface area contributed by atoms with Gasteiger partial charge in [-0.05, 0) is 23.6 Å². The Hall–Kier alpha value is -3.01. The van der Waals surface area contributed by atoms with Crippen molar-refractivity contribution in [1.82, 2.24) is 20.0 Å². The monoisotopic (exact) mass is 423 g/mol. The number of alkyl halides is 2. The molecule has 0 bridgehead atoms. The molecule has 2 N–H and O–H groups in total. The number of carbonyl (C=O) groups excluding carboxylic acids is 1. The zero-order valence-corrected chi connectivity index (χ0v) is 17.6. The molecule has 30 heavy (non-hydrogen) atoms. The maximum absolute atomic E-state index is 12.5. The molecular formula is C20H27F2N5O3. The third-order valence-electron chi connectivity index (χ3n) is 4.47. The van der Waals surface area contributed by atoms with Gasteiger partial charge in [0.05, 0.1) is 18.2 Å². The van der Waals surface area contributed by atoms with Crippen LogP contribution in [0.25, 0.3) is 0 Å². The van der Waals surface area contributed by atoms with Gasteiger partial charge in [-0.1, -0.05) is 26.0 Å². The zero-order chi connectivity index (χ0) is 22.4. The van der Waals surface area contributed by atoms with E-state index in [9.17, 15) is 18.7 Å². The van der Waals surface area contributed by atoms with Crippen molar-refractivity contribution < 1.29 is 23.4 Å². The number of carbonyl (C=O) groups is 1. The second-order valence-electron chi connectivity index (χ2n) is 7.12. The predicted molar refractivity (Wildman–Crippen MR) is 109 cm³/mol. The van der Waals surface area contributed by atoms with Gasteiger partial charge in [-0.15, -0.1) is 0 Å². The first kappa shape index (κ1) is 23.3. The molecule has 2 aromatic rings. The maximum atomic E-state index is 12.5. The molecule has 1 aromatic heterocycles. The standard InChI is InChI=1S/C20H27F2N5O3/c1-12(2)17(13-6-8-14(9-7-13)30-19(21)22)27-18(24-20(23-3)26(4)5)15(10-28)16(11-29)25-27/h6-10,12,17,19,29H,11H2,1-5H3,(H,23,24). The summed E-state index contributed by atoms with van der Waals surface area (Å²) in [6, 6.07) is 5.87. The van der Waals surface area contributed by atoms with Crippen molar-refractivity contribution >= 4 is 18.1 Å². The van der Waals surface area contributed by atoms with E-state index in [0.29, 0.717) is 18.1 Å². The fourth-order valence-corrected chi connectivity index (χ4v) is 3.16. The largest absolute Gasteiger partial charge is 0.435 e. The average Bonchev–Trinajstić information content (AvgIpc) is 3.03. The number of aliphatic hydroxyl groups excluding tert-OH is 1. The van der Waals surface area contributed by atoms with Crippen molar-refractivity contribution in [2.45, 2.75) is 33.1 Å². The fraction of sp³-hybridized carbons (Fsp3) is 0.450. The Balaban J connectivity index is 2.65. The molecule has 0 aliphatic heterocycles. The van der Waals surface area contributed by atoms with Crippen molar-refractivity contribution in [3.05, 3.63) is 41.1 Å². The number of aromatic nitrogens is 2. The molecule has 0 fully saturated rings. The number of hydrogen-bond donors (Lipinski definition) is 2. The smallest absolute Gasteiger partial charge is 0.387 e. The first-order chi connectivity index (χ1) is 14.2. The van der Waals surface area contributed by atoms with Gasteiger partial charge in [0.2, 0.25) is 0 Å². The van der Waals surface area contributed by atoms with Crippen LogP contribution in [-0.2, 0) is 6.61 Å². The van der Waals surface area contributed by atoms with Gasteiger partial charge >= 0.3 is 6.61 Å². The van der Waals surface area contributed by atoms with Crippen molar-refractivity contribution in [1.29, 1.82) is 0 Å². The molecule has 0 aliphatic rings. The minimum absolute atomic E-state index is 0.00385. The normalized spacial score (nSPS) is 12.9. The number of nitrogens with zero attached hydrogens (tertiary/aromatic N) is 4. The van der Waals surface area contributed by atoms with Crippen LogP contribution in [0.2, 0.25) is 0 Å². The van der Waals surface area contributed by atoms with E-state index in [-0.39, 0.29) is 29.0 Å². The first-order valence-corrected chi connectivity index (χ1v) is 9.39. The van der Waals surface area contributed by atoms with E-state index in [1.807, 2.05) is 13.8 Å². The summed E-state index contributed by atoms with van der Waals surface area (Å²) in [5, 5.41) is 17.1. The highest BCUT2D eigenvalue weighted by Gasteiger charge is 2.27. The number of benzene rings is 1. The summed E-state index contributed by atoms with van der Waals surface area (Å²) in [6.07, 6.45) is 0.619. The molecule has 1 aromatic carbocycles. The van der Waals surface area contributed by atoms with Crippen LogP contribution in [0.3, 0.4) is 0 Å². The van der Waals surface area contributed by atoms with Gasteiger partial charge in [0, 0.05) is 21.1 Å². The van der Waals surface area contributed by atoms with Crippen LogP contribution in [0.4, 0.5) is 14.6 Å². The molecule has 8 nitrogen and oxygen atoms in total. The fourth-order valence-electron chi connectivity index (χ4n) is 3.16. The van der Waals surface area contributed by atoms with Gasteiger partial charge < -0.3 is 20.1 Å². The summed E-state index contributed by atoms with van der Waals surface area (Å²) in [5.41, 5.74) is 1.17. The summed E-state index contributed by atoms with van der Waals surface area (Å²) < 4.78 is 30.9. The second kappa shape index (κ2) is 10.1. The highest BCUT2D eigenvalue weighted by Crippen LogP contribution is 2.34. The zero-order valence-electron chi connectivity index (χ0n) is 17.6. The Morgan fingerprint density at radius 3 is 2.40 bits per heavy atom. The lowest BCUT2D eigenvalue weighted by atomic mass is 9.96. The van der Waals surface area contributed by atoms with Gasteiger partial charge in [0.25, 0.3) is 0 Å². The van der Waals surface area contributed by atoms with Crippen LogP contribution >= 0.6 is 0 Å². The summed E-state index contributed by atoms with van der Waals surface area (Å²) in [7, 11) is 5.30. The third-order valence-corrected chi connectivity index (χ3v) is 4.47. The second-order valence-corrected chi connectivity index (χ2v) is 7.12. The molecule has 10 heteroatoms. The van der Waals surface area contributed by atoms with Crippen molar-refractivity contribution in [3.8, 4) is 5.75 Å². The van der Waals surface area contributed by atoms with E-state index in [2.05, 4.69) is 20.1 Å². The lowest BCUT2D eigenvalue weighted by Crippen LogP contribution is -2.33. The summed E-state index contributed by atoms with van der Waals surface area (Å²) >= 11 is 0. The number of rotatable bonds is 8. The molecule has 164 valence electrons. The van der Waals surface area contributed by atoms with E-state index < -0.39 is 13.2 Å². The van der Waals surface area contributed by atoms with Crippen LogP contribution in [0.15, 0.2) is 29.3 Å². The highest BCUT2D eigenvalue weighted by atomic mass is 19.3. The molecular weight excluding hydrogens is 396 g/mol. The number of guanidine groups is 1. The third kappa shape index (κ3) is 5.12. The Labute approximate surface area is 174 Å². The first-order valence-electron chi connectivity index (χ1n) is 9.39. The molecule has 1 heterocycles.